The topological polar surface area (TPSA) is 114 Å². The van der Waals surface area contributed by atoms with Crippen LogP contribution in [0.3, 0.4) is 0 Å². The molecule has 0 spiro atoms. The third-order valence-corrected chi connectivity index (χ3v) is 8.02. The number of piperidine rings is 2. The van der Waals surface area contributed by atoms with Crippen LogP contribution in [0.5, 0.6) is 0 Å². The van der Waals surface area contributed by atoms with Gasteiger partial charge < -0.3 is 20.9 Å². The van der Waals surface area contributed by atoms with E-state index in [1.54, 1.807) is 24.3 Å². The van der Waals surface area contributed by atoms with Crippen LogP contribution in [-0.2, 0) is 14.4 Å². The zero-order valence-corrected chi connectivity index (χ0v) is 22.3. The van der Waals surface area contributed by atoms with E-state index in [0.29, 0.717) is 36.5 Å². The number of amides is 3. The number of hydrogen-bond donors (Lipinski definition) is 3. The standard InChI is InChI=1S/C27H34ClF2N5O3/c1-15(2)10-22(33-18-5-3-4-17(28)12-18)26(38)35-20-6-7-21(27(29,30)13-20)23(35)25(37)34-19(14-31)11-16-8-9-32-24(16)36/h3-5,12,15-16,19-23,33H,6-11,13H2,1-2H3,(H,32,36)(H,34,37)/t16-,19+,20+,21+,22-,23-/m0/s1. The van der Waals surface area contributed by atoms with E-state index in [1.807, 2.05) is 19.9 Å². The summed E-state index contributed by atoms with van der Waals surface area (Å²) in [7, 11) is 0. The second-order valence-corrected chi connectivity index (χ2v) is 11.5. The minimum absolute atomic E-state index is 0.0888. The van der Waals surface area contributed by atoms with Crippen molar-refractivity contribution >= 4 is 35.0 Å². The van der Waals surface area contributed by atoms with Crippen molar-refractivity contribution in [2.45, 2.75) is 82.5 Å². The molecule has 1 aromatic rings. The maximum atomic E-state index is 15.1. The summed E-state index contributed by atoms with van der Waals surface area (Å²) in [6, 6.07) is 4.89. The smallest absolute Gasteiger partial charge is 0.255 e. The van der Waals surface area contributed by atoms with Crippen LogP contribution in [0.4, 0.5) is 14.5 Å². The number of nitrogens with zero attached hydrogens (tertiary/aromatic N) is 2. The first-order valence-corrected chi connectivity index (χ1v) is 13.6. The Balaban J connectivity index is 1.59. The molecule has 11 heteroatoms. The fraction of sp³-hybridized carbons (Fsp3) is 0.630. The molecule has 5 rings (SSSR count). The Kier molecular flexibility index (Phi) is 8.46. The molecule has 3 heterocycles. The summed E-state index contributed by atoms with van der Waals surface area (Å²) in [6.45, 7) is 4.40. The Bertz CT molecular complexity index is 1110. The molecule has 1 aliphatic carbocycles. The highest BCUT2D eigenvalue weighted by atomic mass is 35.5. The van der Waals surface area contributed by atoms with Crippen molar-refractivity contribution in [1.82, 2.24) is 15.5 Å². The summed E-state index contributed by atoms with van der Waals surface area (Å²) >= 11 is 6.12. The largest absolute Gasteiger partial charge is 0.374 e. The molecule has 0 radical (unpaired) electrons. The molecule has 206 valence electrons. The van der Waals surface area contributed by atoms with E-state index in [0.717, 1.165) is 0 Å². The molecule has 3 saturated heterocycles. The van der Waals surface area contributed by atoms with Crippen molar-refractivity contribution in [3.05, 3.63) is 29.3 Å². The lowest BCUT2D eigenvalue weighted by Gasteiger charge is -2.54. The Morgan fingerprint density at radius 1 is 1.29 bits per heavy atom. The predicted molar refractivity (Wildman–Crippen MR) is 138 cm³/mol. The van der Waals surface area contributed by atoms with Crippen LogP contribution in [0.2, 0.25) is 5.02 Å². The highest BCUT2D eigenvalue weighted by molar-refractivity contribution is 6.30. The maximum Gasteiger partial charge on any atom is 0.255 e. The summed E-state index contributed by atoms with van der Waals surface area (Å²) < 4.78 is 30.2. The lowest BCUT2D eigenvalue weighted by molar-refractivity contribution is -0.194. The minimum Gasteiger partial charge on any atom is -0.374 e. The first kappa shape index (κ1) is 28.1. The molecular formula is C27H34ClF2N5O3. The predicted octanol–water partition coefficient (Wildman–Crippen LogP) is 3.72. The SMILES string of the molecule is CC(C)C[C@H](Nc1cccc(Cl)c1)C(=O)N1[C@@H]2CC[C@H]([C@H]1C(=O)N[C@@H](C#N)C[C@@H]1CCNC1=O)C(F)(F)C2. The molecule has 3 N–H and O–H groups in total. The van der Waals surface area contributed by atoms with Crippen molar-refractivity contribution < 1.29 is 23.2 Å². The van der Waals surface area contributed by atoms with Gasteiger partial charge in [-0.3, -0.25) is 14.4 Å². The van der Waals surface area contributed by atoms with Crippen LogP contribution in [0.15, 0.2) is 24.3 Å². The summed E-state index contributed by atoms with van der Waals surface area (Å²) in [5.74, 6) is -6.18. The summed E-state index contributed by atoms with van der Waals surface area (Å²) in [5.41, 5.74) is 0.615. The normalized spacial score (nSPS) is 27.4. The molecule has 2 bridgehead atoms. The van der Waals surface area contributed by atoms with Crippen molar-refractivity contribution in [2.24, 2.45) is 17.8 Å². The quantitative estimate of drug-likeness (QED) is 0.434. The lowest BCUT2D eigenvalue weighted by Crippen LogP contribution is -2.70. The van der Waals surface area contributed by atoms with Gasteiger partial charge in [-0.2, -0.15) is 5.26 Å². The van der Waals surface area contributed by atoms with E-state index in [4.69, 9.17) is 11.6 Å². The van der Waals surface area contributed by atoms with Crippen LogP contribution >= 0.6 is 11.6 Å². The Morgan fingerprint density at radius 2 is 2.05 bits per heavy atom. The second-order valence-electron chi connectivity index (χ2n) is 11.0. The van der Waals surface area contributed by atoms with Gasteiger partial charge in [-0.1, -0.05) is 31.5 Å². The number of rotatable bonds is 9. The van der Waals surface area contributed by atoms with Crippen molar-refractivity contribution in [2.75, 3.05) is 11.9 Å². The van der Waals surface area contributed by atoms with E-state index in [2.05, 4.69) is 16.0 Å². The van der Waals surface area contributed by atoms with Gasteiger partial charge in [0.2, 0.25) is 17.7 Å². The number of nitriles is 1. The number of anilines is 1. The Labute approximate surface area is 226 Å². The molecule has 38 heavy (non-hydrogen) atoms. The minimum atomic E-state index is -3.11. The highest BCUT2D eigenvalue weighted by Gasteiger charge is 2.61. The van der Waals surface area contributed by atoms with Gasteiger partial charge in [0, 0.05) is 35.6 Å². The van der Waals surface area contributed by atoms with Gasteiger partial charge in [0.15, 0.2) is 0 Å². The van der Waals surface area contributed by atoms with Gasteiger partial charge >= 0.3 is 0 Å². The third-order valence-electron chi connectivity index (χ3n) is 7.78. The number of alkyl halides is 2. The van der Waals surface area contributed by atoms with E-state index >= 15 is 8.78 Å². The number of fused-ring (bicyclic) bond motifs is 3. The number of nitrogens with one attached hydrogen (secondary N) is 3. The molecule has 3 aliphatic heterocycles. The molecule has 1 aromatic carbocycles. The molecule has 0 aromatic heterocycles. The highest BCUT2D eigenvalue weighted by Crippen LogP contribution is 2.49. The zero-order valence-electron chi connectivity index (χ0n) is 21.6. The number of carbonyl (C=O) groups excluding carboxylic acids is 3. The number of benzene rings is 1. The number of carbonyl (C=O) groups is 3. The van der Waals surface area contributed by atoms with Crippen LogP contribution in [-0.4, -0.2) is 59.3 Å². The van der Waals surface area contributed by atoms with Crippen molar-refractivity contribution in [3.63, 3.8) is 0 Å². The summed E-state index contributed by atoms with van der Waals surface area (Å²) in [4.78, 5) is 40.9. The molecule has 0 unspecified atom stereocenters. The molecule has 6 atom stereocenters. The van der Waals surface area contributed by atoms with Gasteiger partial charge in [-0.25, -0.2) is 8.78 Å². The molecule has 4 fully saturated rings. The fourth-order valence-electron chi connectivity index (χ4n) is 6.03. The van der Waals surface area contributed by atoms with Crippen molar-refractivity contribution in [1.29, 1.82) is 5.26 Å². The van der Waals surface area contributed by atoms with Gasteiger partial charge in [0.25, 0.3) is 5.92 Å². The summed E-state index contributed by atoms with van der Waals surface area (Å²) in [6.07, 6.45) is 1.04. The van der Waals surface area contributed by atoms with Gasteiger partial charge in [-0.05, 0) is 56.2 Å². The molecule has 4 aliphatic rings. The Morgan fingerprint density at radius 3 is 2.66 bits per heavy atom. The zero-order chi connectivity index (χ0) is 27.6. The number of hydrogen-bond acceptors (Lipinski definition) is 5. The van der Waals surface area contributed by atoms with Crippen LogP contribution in [0.25, 0.3) is 0 Å². The average molecular weight is 550 g/mol. The number of halogens is 3. The molecule has 1 saturated carbocycles. The fourth-order valence-corrected chi connectivity index (χ4v) is 6.22. The molecule has 8 nitrogen and oxygen atoms in total. The Hall–Kier alpha value is -2.93. The van der Waals surface area contributed by atoms with E-state index in [1.165, 1.54) is 4.90 Å². The van der Waals surface area contributed by atoms with Crippen LogP contribution in [0, 0.1) is 29.1 Å². The van der Waals surface area contributed by atoms with E-state index in [9.17, 15) is 19.6 Å². The lowest BCUT2D eigenvalue weighted by atomic mass is 9.71. The molecular weight excluding hydrogens is 516 g/mol. The monoisotopic (exact) mass is 549 g/mol. The summed E-state index contributed by atoms with van der Waals surface area (Å²) in [5, 5.41) is 18.6. The van der Waals surface area contributed by atoms with E-state index in [-0.39, 0.29) is 24.7 Å². The average Bonchev–Trinajstić information content (AvgIpc) is 3.25. The maximum absolute atomic E-state index is 15.1. The van der Waals surface area contributed by atoms with Gasteiger partial charge in [-0.15, -0.1) is 0 Å². The van der Waals surface area contributed by atoms with E-state index < -0.39 is 60.2 Å². The first-order valence-electron chi connectivity index (χ1n) is 13.2. The van der Waals surface area contributed by atoms with Gasteiger partial charge in [0.1, 0.15) is 18.1 Å². The van der Waals surface area contributed by atoms with Crippen LogP contribution in [0.1, 0.15) is 52.4 Å². The molecule has 3 amide bonds. The van der Waals surface area contributed by atoms with Crippen LogP contribution < -0.4 is 16.0 Å². The first-order chi connectivity index (χ1) is 18.0. The second kappa shape index (κ2) is 11.4. The van der Waals surface area contributed by atoms with Crippen molar-refractivity contribution in [3.8, 4) is 6.07 Å². The third kappa shape index (κ3) is 6.04. The van der Waals surface area contributed by atoms with Gasteiger partial charge in [0.05, 0.1) is 12.0 Å².